The van der Waals surface area contributed by atoms with Crippen LogP contribution in [-0.2, 0) is 0 Å². The molecular weight excluding hydrogens is 242 g/mol. The highest BCUT2D eigenvalue weighted by molar-refractivity contribution is 6.01. The van der Waals surface area contributed by atoms with Gasteiger partial charge in [-0.15, -0.1) is 0 Å². The number of benzene rings is 1. The lowest BCUT2D eigenvalue weighted by molar-refractivity contribution is 0.0699. The maximum Gasteiger partial charge on any atom is 0.337 e. The number of pyridine rings is 1. The second-order valence-electron chi connectivity index (χ2n) is 3.98. The summed E-state index contributed by atoms with van der Waals surface area (Å²) in [4.78, 5) is 23.8. The average molecular weight is 251 g/mol. The van der Waals surface area contributed by atoms with E-state index in [1.165, 1.54) is 6.07 Å². The van der Waals surface area contributed by atoms with Gasteiger partial charge in [0, 0.05) is 29.5 Å². The topological polar surface area (TPSA) is 76.0 Å². The average Bonchev–Trinajstić information content (AvgIpc) is 2.47. The molecule has 0 fully saturated rings. The molecule has 5 nitrogen and oxygen atoms in total. The van der Waals surface area contributed by atoms with Crippen LogP contribution < -0.4 is 0 Å². The van der Waals surface area contributed by atoms with Crippen LogP contribution in [0.1, 0.15) is 10.4 Å². The predicted octanol–water partition coefficient (Wildman–Crippen LogP) is 2.39. The molecule has 1 aromatic carbocycles. The maximum absolute atomic E-state index is 11.2. The van der Waals surface area contributed by atoms with Crippen molar-refractivity contribution in [3.63, 3.8) is 0 Å². The molecule has 0 spiro atoms. The zero-order chi connectivity index (χ0) is 13.2. The number of carboxylic acid groups (broad SMARTS) is 1. The normalized spacial score (nSPS) is 10.5. The molecule has 0 aliphatic carbocycles. The Labute approximate surface area is 108 Å². The SMILES string of the molecule is O=C(O)c1cccc2cnc(-c3cccnc3)nc12. The summed E-state index contributed by atoms with van der Waals surface area (Å²) in [7, 11) is 0. The molecule has 3 rings (SSSR count). The maximum atomic E-state index is 11.2. The molecule has 0 atom stereocenters. The minimum absolute atomic E-state index is 0.171. The standard InChI is InChI=1S/C14H9N3O2/c18-14(19)11-5-1-3-9-8-16-13(17-12(9)11)10-4-2-6-15-7-10/h1-8H,(H,18,19). The van der Waals surface area contributed by atoms with Crippen molar-refractivity contribution in [2.45, 2.75) is 0 Å². The summed E-state index contributed by atoms with van der Waals surface area (Å²) in [6, 6.07) is 8.61. The Morgan fingerprint density at radius 1 is 1.11 bits per heavy atom. The minimum Gasteiger partial charge on any atom is -0.478 e. The molecule has 0 aliphatic heterocycles. The first-order valence-corrected chi connectivity index (χ1v) is 5.65. The van der Waals surface area contributed by atoms with Crippen LogP contribution in [0.3, 0.4) is 0 Å². The lowest BCUT2D eigenvalue weighted by atomic mass is 10.1. The van der Waals surface area contributed by atoms with Crippen molar-refractivity contribution >= 4 is 16.9 Å². The summed E-state index contributed by atoms with van der Waals surface area (Å²) < 4.78 is 0. The zero-order valence-corrected chi connectivity index (χ0v) is 9.82. The minimum atomic E-state index is -0.999. The first kappa shape index (κ1) is 11.3. The molecule has 0 bridgehead atoms. The van der Waals surface area contributed by atoms with Gasteiger partial charge in [-0.2, -0.15) is 0 Å². The third-order valence-electron chi connectivity index (χ3n) is 2.76. The molecule has 1 N–H and O–H groups in total. The number of hydrogen-bond donors (Lipinski definition) is 1. The van der Waals surface area contributed by atoms with Gasteiger partial charge < -0.3 is 5.11 Å². The molecular formula is C14H9N3O2. The van der Waals surface area contributed by atoms with Crippen LogP contribution in [-0.4, -0.2) is 26.0 Å². The number of nitrogens with zero attached hydrogens (tertiary/aromatic N) is 3. The van der Waals surface area contributed by atoms with Crippen LogP contribution in [0.15, 0.2) is 48.9 Å². The van der Waals surface area contributed by atoms with Crippen molar-refractivity contribution in [2.24, 2.45) is 0 Å². The molecule has 0 aliphatic rings. The third kappa shape index (κ3) is 2.01. The Bertz CT molecular complexity index is 757. The number of para-hydroxylation sites is 1. The van der Waals surface area contributed by atoms with E-state index < -0.39 is 5.97 Å². The first-order chi connectivity index (χ1) is 9.25. The van der Waals surface area contributed by atoms with Gasteiger partial charge >= 0.3 is 5.97 Å². The third-order valence-corrected chi connectivity index (χ3v) is 2.76. The van der Waals surface area contributed by atoms with E-state index in [0.717, 1.165) is 5.56 Å². The summed E-state index contributed by atoms with van der Waals surface area (Å²) in [6.07, 6.45) is 4.93. The number of carboxylic acids is 1. The lowest BCUT2D eigenvalue weighted by Crippen LogP contribution is -2.00. The van der Waals surface area contributed by atoms with Gasteiger partial charge in [0.2, 0.25) is 0 Å². The molecule has 0 radical (unpaired) electrons. The van der Waals surface area contributed by atoms with Gasteiger partial charge in [0.1, 0.15) is 0 Å². The summed E-state index contributed by atoms with van der Waals surface area (Å²) in [5, 5.41) is 9.87. The van der Waals surface area contributed by atoms with Gasteiger partial charge in [-0.3, -0.25) is 4.98 Å². The molecule has 3 aromatic rings. The molecule has 2 aromatic heterocycles. The van der Waals surface area contributed by atoms with Crippen LogP contribution in [0, 0.1) is 0 Å². The van der Waals surface area contributed by atoms with Crippen molar-refractivity contribution in [2.75, 3.05) is 0 Å². The monoisotopic (exact) mass is 251 g/mol. The molecule has 2 heterocycles. The number of carbonyl (C=O) groups is 1. The van der Waals surface area contributed by atoms with E-state index in [0.29, 0.717) is 16.7 Å². The number of fused-ring (bicyclic) bond motifs is 1. The Kier molecular flexibility index (Phi) is 2.64. The first-order valence-electron chi connectivity index (χ1n) is 5.65. The molecule has 0 amide bonds. The van der Waals surface area contributed by atoms with E-state index in [-0.39, 0.29) is 5.56 Å². The highest BCUT2D eigenvalue weighted by Crippen LogP contribution is 2.20. The van der Waals surface area contributed by atoms with Crippen molar-refractivity contribution in [1.82, 2.24) is 15.0 Å². The largest absolute Gasteiger partial charge is 0.478 e. The Morgan fingerprint density at radius 2 is 2.00 bits per heavy atom. The summed E-state index contributed by atoms with van der Waals surface area (Å²) in [5.41, 5.74) is 1.36. The van der Waals surface area contributed by atoms with Gasteiger partial charge in [0.05, 0.1) is 11.1 Å². The van der Waals surface area contributed by atoms with E-state index in [9.17, 15) is 9.90 Å². The fourth-order valence-electron chi connectivity index (χ4n) is 1.86. The molecule has 5 heteroatoms. The van der Waals surface area contributed by atoms with Crippen molar-refractivity contribution in [3.05, 3.63) is 54.5 Å². The van der Waals surface area contributed by atoms with Crippen molar-refractivity contribution in [3.8, 4) is 11.4 Å². The zero-order valence-electron chi connectivity index (χ0n) is 9.82. The van der Waals surface area contributed by atoms with E-state index in [2.05, 4.69) is 15.0 Å². The Balaban J connectivity index is 2.25. The fourth-order valence-corrected chi connectivity index (χ4v) is 1.86. The summed E-state index contributed by atoms with van der Waals surface area (Å²) >= 11 is 0. The lowest BCUT2D eigenvalue weighted by Gasteiger charge is -2.04. The number of aromatic nitrogens is 3. The van der Waals surface area contributed by atoms with Crippen LogP contribution in [0.5, 0.6) is 0 Å². The van der Waals surface area contributed by atoms with Gasteiger partial charge in [-0.25, -0.2) is 14.8 Å². The van der Waals surface area contributed by atoms with Crippen LogP contribution in [0.25, 0.3) is 22.3 Å². The molecule has 0 saturated carbocycles. The van der Waals surface area contributed by atoms with Crippen LogP contribution in [0.2, 0.25) is 0 Å². The second-order valence-corrected chi connectivity index (χ2v) is 3.98. The van der Waals surface area contributed by atoms with Crippen molar-refractivity contribution < 1.29 is 9.90 Å². The highest BCUT2D eigenvalue weighted by Gasteiger charge is 2.11. The van der Waals surface area contributed by atoms with Crippen LogP contribution >= 0.6 is 0 Å². The van der Waals surface area contributed by atoms with Gasteiger partial charge in [0.15, 0.2) is 5.82 Å². The molecule has 92 valence electrons. The second kappa shape index (κ2) is 4.45. The number of rotatable bonds is 2. The van der Waals surface area contributed by atoms with Crippen LogP contribution in [0.4, 0.5) is 0 Å². The number of aromatic carboxylic acids is 1. The Morgan fingerprint density at radius 3 is 2.74 bits per heavy atom. The molecule has 19 heavy (non-hydrogen) atoms. The smallest absolute Gasteiger partial charge is 0.337 e. The van der Waals surface area contributed by atoms with E-state index in [4.69, 9.17) is 0 Å². The predicted molar refractivity (Wildman–Crippen MR) is 69.7 cm³/mol. The Hall–Kier alpha value is -2.82. The van der Waals surface area contributed by atoms with Gasteiger partial charge in [-0.05, 0) is 18.2 Å². The van der Waals surface area contributed by atoms with E-state index in [1.54, 1.807) is 36.8 Å². The summed E-state index contributed by atoms with van der Waals surface area (Å²) in [6.45, 7) is 0. The molecule has 0 saturated heterocycles. The quantitative estimate of drug-likeness (QED) is 0.756. The molecule has 0 unspecified atom stereocenters. The van der Waals surface area contributed by atoms with Gasteiger partial charge in [-0.1, -0.05) is 12.1 Å². The van der Waals surface area contributed by atoms with E-state index in [1.807, 2.05) is 6.07 Å². The van der Waals surface area contributed by atoms with Crippen molar-refractivity contribution in [1.29, 1.82) is 0 Å². The summed E-state index contributed by atoms with van der Waals surface area (Å²) in [5.74, 6) is -0.532. The van der Waals surface area contributed by atoms with Gasteiger partial charge in [0.25, 0.3) is 0 Å². The number of hydrogen-bond acceptors (Lipinski definition) is 4. The highest BCUT2D eigenvalue weighted by atomic mass is 16.4. The fraction of sp³-hybridized carbons (Fsp3) is 0. The van der Waals surface area contributed by atoms with E-state index >= 15 is 0 Å².